The summed E-state index contributed by atoms with van der Waals surface area (Å²) >= 11 is 0. The molecular formula is C23H27NO4. The summed E-state index contributed by atoms with van der Waals surface area (Å²) in [6.07, 6.45) is 4.32. The van der Waals surface area contributed by atoms with Crippen molar-refractivity contribution in [2.24, 2.45) is 5.92 Å². The van der Waals surface area contributed by atoms with Crippen LogP contribution in [0.15, 0.2) is 48.5 Å². The van der Waals surface area contributed by atoms with E-state index in [9.17, 15) is 15.0 Å². The highest BCUT2D eigenvalue weighted by Crippen LogP contribution is 2.50. The second-order valence-corrected chi connectivity index (χ2v) is 7.95. The molecule has 0 aromatic heterocycles. The molecule has 1 heterocycles. The fourth-order valence-corrected chi connectivity index (χ4v) is 4.95. The van der Waals surface area contributed by atoms with E-state index in [0.29, 0.717) is 24.3 Å². The third-order valence-corrected chi connectivity index (χ3v) is 6.39. The molecule has 148 valence electrons. The van der Waals surface area contributed by atoms with E-state index in [-0.39, 0.29) is 23.6 Å². The van der Waals surface area contributed by atoms with Gasteiger partial charge < -0.3 is 19.8 Å². The van der Waals surface area contributed by atoms with Gasteiger partial charge in [-0.05, 0) is 49.1 Å². The number of methoxy groups -OCH3 is 1. The van der Waals surface area contributed by atoms with Crippen molar-refractivity contribution in [1.29, 1.82) is 0 Å². The molecule has 0 bridgehead atoms. The van der Waals surface area contributed by atoms with Crippen LogP contribution in [0.3, 0.4) is 0 Å². The van der Waals surface area contributed by atoms with Crippen LogP contribution in [0.1, 0.15) is 54.1 Å². The number of likely N-dealkylation sites (tertiary alicyclic amines) is 1. The third kappa shape index (κ3) is 3.24. The lowest BCUT2D eigenvalue weighted by Crippen LogP contribution is -2.56. The first-order valence-electron chi connectivity index (χ1n) is 9.99. The van der Waals surface area contributed by atoms with Crippen molar-refractivity contribution in [1.82, 2.24) is 4.90 Å². The van der Waals surface area contributed by atoms with E-state index in [1.54, 1.807) is 12.1 Å². The number of phenolic OH excluding ortho intramolecular Hbond substituents is 1. The van der Waals surface area contributed by atoms with E-state index in [1.807, 2.05) is 41.3 Å². The number of fused-ring (bicyclic) bond motifs is 1. The molecular weight excluding hydrogens is 354 g/mol. The minimum Gasteiger partial charge on any atom is -0.504 e. The molecule has 2 N–H and O–H groups in total. The molecule has 0 radical (unpaired) electrons. The number of carbonyl (C=O) groups is 1. The molecule has 1 saturated carbocycles. The lowest BCUT2D eigenvalue weighted by atomic mass is 9.66. The van der Waals surface area contributed by atoms with E-state index in [1.165, 1.54) is 7.11 Å². The number of rotatable bonds is 3. The predicted molar refractivity (Wildman–Crippen MR) is 106 cm³/mol. The molecule has 5 heteroatoms. The number of hydrogen-bond acceptors (Lipinski definition) is 4. The van der Waals surface area contributed by atoms with Gasteiger partial charge in [0.15, 0.2) is 11.5 Å². The van der Waals surface area contributed by atoms with Crippen LogP contribution in [0.2, 0.25) is 0 Å². The highest BCUT2D eigenvalue weighted by molar-refractivity contribution is 5.94. The van der Waals surface area contributed by atoms with Gasteiger partial charge in [-0.2, -0.15) is 0 Å². The lowest BCUT2D eigenvalue weighted by molar-refractivity contribution is -0.115. The minimum absolute atomic E-state index is 0.0229. The van der Waals surface area contributed by atoms with E-state index in [2.05, 4.69) is 0 Å². The fourth-order valence-electron chi connectivity index (χ4n) is 4.95. The Labute approximate surface area is 165 Å². The van der Waals surface area contributed by atoms with Crippen molar-refractivity contribution in [3.63, 3.8) is 0 Å². The van der Waals surface area contributed by atoms with Gasteiger partial charge in [-0.3, -0.25) is 4.79 Å². The van der Waals surface area contributed by atoms with Crippen molar-refractivity contribution < 1.29 is 19.7 Å². The van der Waals surface area contributed by atoms with Gasteiger partial charge >= 0.3 is 0 Å². The Morgan fingerprint density at radius 3 is 2.68 bits per heavy atom. The lowest BCUT2D eigenvalue weighted by Gasteiger charge is -2.52. The van der Waals surface area contributed by atoms with Crippen LogP contribution >= 0.6 is 0 Å². The van der Waals surface area contributed by atoms with Crippen LogP contribution in [0, 0.1) is 5.92 Å². The maximum Gasteiger partial charge on any atom is 0.254 e. The normalized spacial score (nSPS) is 27.1. The zero-order valence-corrected chi connectivity index (χ0v) is 16.2. The quantitative estimate of drug-likeness (QED) is 0.846. The number of piperidine rings is 1. The molecule has 1 saturated heterocycles. The molecule has 2 aromatic carbocycles. The molecule has 2 aromatic rings. The molecule has 3 atom stereocenters. The van der Waals surface area contributed by atoms with Gasteiger partial charge in [-0.15, -0.1) is 0 Å². The van der Waals surface area contributed by atoms with Gasteiger partial charge in [0.1, 0.15) is 0 Å². The molecule has 0 spiro atoms. The molecule has 4 rings (SSSR count). The van der Waals surface area contributed by atoms with Crippen LogP contribution in [0.25, 0.3) is 0 Å². The zero-order valence-electron chi connectivity index (χ0n) is 16.2. The molecule has 1 aliphatic heterocycles. The summed E-state index contributed by atoms with van der Waals surface area (Å²) in [5, 5.41) is 21.4. The molecule has 28 heavy (non-hydrogen) atoms. The Balaban J connectivity index is 1.78. The first-order chi connectivity index (χ1) is 13.5. The minimum atomic E-state index is -0.749. The van der Waals surface area contributed by atoms with Gasteiger partial charge in [0, 0.05) is 18.0 Å². The maximum absolute atomic E-state index is 13.3. The van der Waals surface area contributed by atoms with Gasteiger partial charge in [0.25, 0.3) is 5.91 Å². The van der Waals surface area contributed by atoms with Gasteiger partial charge in [0.2, 0.25) is 0 Å². The monoisotopic (exact) mass is 381 g/mol. The summed E-state index contributed by atoms with van der Waals surface area (Å²) in [4.78, 5) is 15.2. The van der Waals surface area contributed by atoms with Crippen LogP contribution < -0.4 is 4.74 Å². The van der Waals surface area contributed by atoms with Crippen molar-refractivity contribution >= 4 is 5.91 Å². The number of aromatic hydroxyl groups is 1. The SMILES string of the molecule is COc1cc([C@@H]2[C@H]3CCCC[C@]3(O)CCN2C(=O)c2ccccc2)ccc1O. The summed E-state index contributed by atoms with van der Waals surface area (Å²) in [5.74, 6) is 0.401. The average Bonchev–Trinajstić information content (AvgIpc) is 2.73. The molecule has 2 aliphatic rings. The Morgan fingerprint density at radius 1 is 1.14 bits per heavy atom. The van der Waals surface area contributed by atoms with Crippen molar-refractivity contribution in [2.45, 2.75) is 43.7 Å². The third-order valence-electron chi connectivity index (χ3n) is 6.39. The summed E-state index contributed by atoms with van der Waals surface area (Å²) < 4.78 is 5.30. The first kappa shape index (κ1) is 18.8. The van der Waals surface area contributed by atoms with E-state index in [0.717, 1.165) is 31.2 Å². The number of amides is 1. The van der Waals surface area contributed by atoms with E-state index in [4.69, 9.17) is 4.74 Å². The number of benzene rings is 2. The van der Waals surface area contributed by atoms with Gasteiger partial charge in [-0.1, -0.05) is 37.1 Å². The van der Waals surface area contributed by atoms with Gasteiger partial charge in [-0.25, -0.2) is 0 Å². The Morgan fingerprint density at radius 2 is 1.93 bits per heavy atom. The summed E-state index contributed by atoms with van der Waals surface area (Å²) in [6.45, 7) is 0.509. The second-order valence-electron chi connectivity index (χ2n) is 7.95. The first-order valence-corrected chi connectivity index (χ1v) is 9.99. The summed E-state index contributed by atoms with van der Waals surface area (Å²) in [6, 6.07) is 14.3. The predicted octanol–water partition coefficient (Wildman–Crippen LogP) is 3.91. The highest BCUT2D eigenvalue weighted by atomic mass is 16.5. The Hall–Kier alpha value is -2.53. The van der Waals surface area contributed by atoms with Gasteiger partial charge in [0.05, 0.1) is 18.8 Å². The van der Waals surface area contributed by atoms with E-state index < -0.39 is 5.60 Å². The van der Waals surface area contributed by atoms with Crippen LogP contribution in [-0.4, -0.2) is 40.3 Å². The number of aliphatic hydroxyl groups is 1. The van der Waals surface area contributed by atoms with E-state index >= 15 is 0 Å². The largest absolute Gasteiger partial charge is 0.504 e. The number of nitrogens with zero attached hydrogens (tertiary/aromatic N) is 1. The molecule has 2 fully saturated rings. The summed E-state index contributed by atoms with van der Waals surface area (Å²) in [7, 11) is 1.52. The highest BCUT2D eigenvalue weighted by Gasteiger charge is 2.50. The smallest absolute Gasteiger partial charge is 0.254 e. The fraction of sp³-hybridized carbons (Fsp3) is 0.435. The van der Waals surface area contributed by atoms with Crippen LogP contribution in [0.4, 0.5) is 0 Å². The average molecular weight is 381 g/mol. The number of phenols is 1. The maximum atomic E-state index is 13.3. The van der Waals surface area contributed by atoms with Crippen LogP contribution in [-0.2, 0) is 0 Å². The number of ether oxygens (including phenoxy) is 1. The zero-order chi connectivity index (χ0) is 19.7. The van der Waals surface area contributed by atoms with Crippen molar-refractivity contribution in [2.75, 3.05) is 13.7 Å². The molecule has 0 unspecified atom stereocenters. The Bertz CT molecular complexity index is 853. The topological polar surface area (TPSA) is 70.0 Å². The number of hydrogen-bond donors (Lipinski definition) is 2. The Kier molecular flexibility index (Phi) is 5.02. The standard InChI is InChI=1S/C23H27NO4/c1-28-20-15-17(10-11-19(20)25)21-18-9-5-6-12-23(18,27)13-14-24(21)22(26)16-7-3-2-4-8-16/h2-4,7-8,10-11,15,18,21,25,27H,5-6,9,12-14H2,1H3/t18-,21-,23+/m1/s1. The summed E-state index contributed by atoms with van der Waals surface area (Å²) in [5.41, 5.74) is 0.796. The van der Waals surface area contributed by atoms with Crippen molar-refractivity contribution in [3.8, 4) is 11.5 Å². The molecule has 1 amide bonds. The van der Waals surface area contributed by atoms with Crippen molar-refractivity contribution in [3.05, 3.63) is 59.7 Å². The molecule has 1 aliphatic carbocycles. The number of carbonyl (C=O) groups excluding carboxylic acids is 1. The molecule has 5 nitrogen and oxygen atoms in total. The van der Waals surface area contributed by atoms with Crippen LogP contribution in [0.5, 0.6) is 11.5 Å². The second kappa shape index (κ2) is 7.47.